The number of carboxylic acids is 2. The fourth-order valence-corrected chi connectivity index (χ4v) is 1.97. The minimum atomic E-state index is -1.14. The Morgan fingerprint density at radius 1 is 1.32 bits per heavy atom. The van der Waals surface area contributed by atoms with Crippen LogP contribution in [0.5, 0.6) is 5.75 Å². The lowest BCUT2D eigenvalue weighted by atomic mass is 10.1. The van der Waals surface area contributed by atoms with E-state index in [9.17, 15) is 14.7 Å². The van der Waals surface area contributed by atoms with E-state index in [1.165, 1.54) is 13.4 Å². The van der Waals surface area contributed by atoms with Gasteiger partial charge in [0.15, 0.2) is 0 Å². The lowest BCUT2D eigenvalue weighted by molar-refractivity contribution is -0.139. The predicted octanol–water partition coefficient (Wildman–Crippen LogP) is 1.37. The van der Waals surface area contributed by atoms with E-state index in [1.54, 1.807) is 18.2 Å². The van der Waals surface area contributed by atoms with Crippen LogP contribution in [0.25, 0.3) is 10.9 Å². The van der Waals surface area contributed by atoms with E-state index in [4.69, 9.17) is 9.84 Å². The summed E-state index contributed by atoms with van der Waals surface area (Å²) in [6.45, 7) is 0. The van der Waals surface area contributed by atoms with E-state index in [2.05, 4.69) is 15.3 Å². The molecule has 8 nitrogen and oxygen atoms in total. The molecule has 0 aliphatic heterocycles. The highest BCUT2D eigenvalue weighted by Crippen LogP contribution is 2.24. The zero-order valence-corrected chi connectivity index (χ0v) is 11.8. The number of nitrogens with one attached hydrogen (secondary N) is 1. The van der Waals surface area contributed by atoms with Crippen molar-refractivity contribution in [1.29, 1.82) is 0 Å². The first kappa shape index (κ1) is 15.5. The molecule has 3 N–H and O–H groups in total. The zero-order chi connectivity index (χ0) is 16.1. The number of anilines is 1. The fraction of sp³-hybridized carbons (Fsp3) is 0.286. The standard InChI is InChI=1S/C14H15N3O5/c1-22-8-2-3-9-11(6-8)15-7-16-13(9)17-10(14(20)21)4-5-12(18)19/h2-3,6-7,10H,4-5H2,1H3,(H,18,19)(H,20,21)(H,15,16,17). The summed E-state index contributed by atoms with van der Waals surface area (Å²) in [5, 5.41) is 21.3. The summed E-state index contributed by atoms with van der Waals surface area (Å²) >= 11 is 0. The highest BCUT2D eigenvalue weighted by Gasteiger charge is 2.20. The smallest absolute Gasteiger partial charge is 0.326 e. The van der Waals surface area contributed by atoms with Gasteiger partial charge in [0.05, 0.1) is 12.6 Å². The van der Waals surface area contributed by atoms with Gasteiger partial charge in [-0.2, -0.15) is 0 Å². The van der Waals surface area contributed by atoms with Crippen molar-refractivity contribution < 1.29 is 24.5 Å². The monoisotopic (exact) mass is 305 g/mol. The molecule has 0 fully saturated rings. The number of benzene rings is 1. The van der Waals surface area contributed by atoms with E-state index in [0.29, 0.717) is 22.5 Å². The van der Waals surface area contributed by atoms with Gasteiger partial charge in [-0.05, 0) is 18.6 Å². The number of methoxy groups -OCH3 is 1. The van der Waals surface area contributed by atoms with Crippen LogP contribution in [0, 0.1) is 0 Å². The van der Waals surface area contributed by atoms with Crippen molar-refractivity contribution in [2.24, 2.45) is 0 Å². The van der Waals surface area contributed by atoms with Crippen molar-refractivity contribution in [2.75, 3.05) is 12.4 Å². The van der Waals surface area contributed by atoms with E-state index in [0.717, 1.165) is 0 Å². The first-order valence-corrected chi connectivity index (χ1v) is 6.51. The highest BCUT2D eigenvalue weighted by molar-refractivity contribution is 5.91. The van der Waals surface area contributed by atoms with Gasteiger partial charge >= 0.3 is 11.9 Å². The molecule has 1 aromatic carbocycles. The van der Waals surface area contributed by atoms with E-state index < -0.39 is 18.0 Å². The summed E-state index contributed by atoms with van der Waals surface area (Å²) in [4.78, 5) is 30.0. The van der Waals surface area contributed by atoms with Gasteiger partial charge in [0.2, 0.25) is 0 Å². The summed E-state index contributed by atoms with van der Waals surface area (Å²) < 4.78 is 5.11. The number of ether oxygens (including phenoxy) is 1. The van der Waals surface area contributed by atoms with Crippen LogP contribution >= 0.6 is 0 Å². The number of fused-ring (bicyclic) bond motifs is 1. The molecule has 1 atom stereocenters. The minimum Gasteiger partial charge on any atom is -0.497 e. The lowest BCUT2D eigenvalue weighted by Gasteiger charge is -2.15. The van der Waals surface area contributed by atoms with Gasteiger partial charge in [0.1, 0.15) is 23.9 Å². The molecular formula is C14H15N3O5. The number of aromatic nitrogens is 2. The second-order valence-electron chi connectivity index (χ2n) is 4.57. The number of rotatable bonds is 7. The van der Waals surface area contributed by atoms with Crippen LogP contribution < -0.4 is 10.1 Å². The van der Waals surface area contributed by atoms with Crippen LogP contribution in [-0.2, 0) is 9.59 Å². The second kappa shape index (κ2) is 6.70. The number of carboxylic acid groups (broad SMARTS) is 2. The van der Waals surface area contributed by atoms with Gasteiger partial charge in [-0.3, -0.25) is 4.79 Å². The molecule has 0 aliphatic rings. The number of hydrogen-bond acceptors (Lipinski definition) is 6. The third kappa shape index (κ3) is 3.60. The molecule has 0 spiro atoms. The average molecular weight is 305 g/mol. The zero-order valence-electron chi connectivity index (χ0n) is 11.8. The largest absolute Gasteiger partial charge is 0.497 e. The van der Waals surface area contributed by atoms with Crippen molar-refractivity contribution in [2.45, 2.75) is 18.9 Å². The topological polar surface area (TPSA) is 122 Å². The lowest BCUT2D eigenvalue weighted by Crippen LogP contribution is -2.30. The quantitative estimate of drug-likeness (QED) is 0.701. The molecule has 2 aromatic rings. The summed E-state index contributed by atoms with van der Waals surface area (Å²) in [5.74, 6) is -1.23. The van der Waals surface area contributed by atoms with Gasteiger partial charge in [0.25, 0.3) is 0 Å². The van der Waals surface area contributed by atoms with Gasteiger partial charge in [-0.25, -0.2) is 14.8 Å². The van der Waals surface area contributed by atoms with Gasteiger partial charge < -0.3 is 20.3 Å². The third-order valence-corrected chi connectivity index (χ3v) is 3.10. The van der Waals surface area contributed by atoms with Crippen LogP contribution in [0.3, 0.4) is 0 Å². The maximum absolute atomic E-state index is 11.2. The molecule has 0 saturated heterocycles. The Balaban J connectivity index is 2.28. The summed E-state index contributed by atoms with van der Waals surface area (Å²) in [6.07, 6.45) is 1.01. The maximum atomic E-state index is 11.2. The van der Waals surface area contributed by atoms with E-state index in [1.807, 2.05) is 0 Å². The SMILES string of the molecule is COc1ccc2c(NC(CCC(=O)O)C(=O)O)ncnc2c1. The van der Waals surface area contributed by atoms with Crippen LogP contribution in [0.4, 0.5) is 5.82 Å². The minimum absolute atomic E-state index is 0.0493. The van der Waals surface area contributed by atoms with Crippen molar-refractivity contribution in [3.05, 3.63) is 24.5 Å². The Kier molecular flexibility index (Phi) is 4.72. The molecule has 2 rings (SSSR count). The Morgan fingerprint density at radius 3 is 2.73 bits per heavy atom. The Bertz CT molecular complexity index is 704. The Labute approximate surface area is 125 Å². The van der Waals surface area contributed by atoms with Crippen LogP contribution in [-0.4, -0.2) is 45.3 Å². The van der Waals surface area contributed by atoms with E-state index in [-0.39, 0.29) is 12.8 Å². The molecular weight excluding hydrogens is 290 g/mol. The average Bonchev–Trinajstić information content (AvgIpc) is 2.50. The Hall–Kier alpha value is -2.90. The molecule has 0 bridgehead atoms. The molecule has 0 saturated carbocycles. The van der Waals surface area contributed by atoms with Crippen molar-refractivity contribution in [1.82, 2.24) is 9.97 Å². The van der Waals surface area contributed by atoms with Crippen LogP contribution in [0.2, 0.25) is 0 Å². The summed E-state index contributed by atoms with van der Waals surface area (Å²) in [5.41, 5.74) is 0.597. The normalized spacial score (nSPS) is 11.9. The molecule has 1 heterocycles. The van der Waals surface area contributed by atoms with Gasteiger partial charge in [0, 0.05) is 17.9 Å². The predicted molar refractivity (Wildman–Crippen MR) is 78.0 cm³/mol. The highest BCUT2D eigenvalue weighted by atomic mass is 16.5. The molecule has 0 radical (unpaired) electrons. The van der Waals surface area contributed by atoms with Gasteiger partial charge in [-0.1, -0.05) is 0 Å². The molecule has 1 unspecified atom stereocenters. The molecule has 0 amide bonds. The first-order chi connectivity index (χ1) is 10.5. The third-order valence-electron chi connectivity index (χ3n) is 3.10. The molecule has 22 heavy (non-hydrogen) atoms. The van der Waals surface area contributed by atoms with Crippen molar-refractivity contribution >= 4 is 28.7 Å². The van der Waals surface area contributed by atoms with Gasteiger partial charge in [-0.15, -0.1) is 0 Å². The molecule has 8 heteroatoms. The maximum Gasteiger partial charge on any atom is 0.326 e. The Morgan fingerprint density at radius 2 is 2.09 bits per heavy atom. The summed E-state index contributed by atoms with van der Waals surface area (Å²) in [7, 11) is 1.54. The number of nitrogens with zero attached hydrogens (tertiary/aromatic N) is 2. The number of aliphatic carboxylic acids is 2. The molecule has 0 aliphatic carbocycles. The first-order valence-electron chi connectivity index (χ1n) is 6.51. The van der Waals surface area contributed by atoms with Crippen molar-refractivity contribution in [3.63, 3.8) is 0 Å². The van der Waals surface area contributed by atoms with Crippen LogP contribution in [0.1, 0.15) is 12.8 Å². The van der Waals surface area contributed by atoms with Crippen LogP contribution in [0.15, 0.2) is 24.5 Å². The number of carbonyl (C=O) groups is 2. The fourth-order valence-electron chi connectivity index (χ4n) is 1.97. The van der Waals surface area contributed by atoms with Crippen molar-refractivity contribution in [3.8, 4) is 5.75 Å². The second-order valence-corrected chi connectivity index (χ2v) is 4.57. The van der Waals surface area contributed by atoms with E-state index >= 15 is 0 Å². The number of hydrogen-bond donors (Lipinski definition) is 3. The summed E-state index contributed by atoms with van der Waals surface area (Å²) in [6, 6.07) is 4.09. The molecule has 116 valence electrons. The molecule has 1 aromatic heterocycles.